The zero-order valence-corrected chi connectivity index (χ0v) is 28.3. The summed E-state index contributed by atoms with van der Waals surface area (Å²) in [6.45, 7) is 12.3. The molecule has 5 rings (SSSR count). The van der Waals surface area contributed by atoms with Crippen LogP contribution in [0.1, 0.15) is 63.8 Å². The van der Waals surface area contributed by atoms with Gasteiger partial charge >= 0.3 is 5.97 Å². The van der Waals surface area contributed by atoms with Crippen molar-refractivity contribution < 1.29 is 28.2 Å². The lowest BCUT2D eigenvalue weighted by molar-refractivity contribution is -0.132. The van der Waals surface area contributed by atoms with E-state index in [9.17, 15) is 19.1 Å². The van der Waals surface area contributed by atoms with E-state index in [0.717, 1.165) is 27.9 Å². The first-order chi connectivity index (χ1) is 21.7. The lowest BCUT2D eigenvalue weighted by Gasteiger charge is -2.48. The van der Waals surface area contributed by atoms with E-state index in [-0.39, 0.29) is 28.6 Å². The molecule has 0 spiro atoms. The average molecular weight is 640 g/mol. The van der Waals surface area contributed by atoms with Crippen molar-refractivity contribution in [2.45, 2.75) is 70.8 Å². The van der Waals surface area contributed by atoms with Gasteiger partial charge in [0, 0.05) is 18.2 Å². The van der Waals surface area contributed by atoms with Gasteiger partial charge in [0.15, 0.2) is 8.32 Å². The zero-order chi connectivity index (χ0) is 33.2. The van der Waals surface area contributed by atoms with Crippen LogP contribution in [0.4, 0.5) is 10.1 Å². The van der Waals surface area contributed by atoms with E-state index in [2.05, 4.69) is 33.9 Å². The maximum absolute atomic E-state index is 14.0. The molecule has 8 heteroatoms. The van der Waals surface area contributed by atoms with Gasteiger partial charge in [-0.3, -0.25) is 9.59 Å². The standard InChI is InChI=1S/C38H42FNO5Si/c1-25(41)44-35-24-28(27-11-10-14-31(42)23-27)17-20-32(35)36-33(37(43)40(36)30-12-8-7-9-13-30)21-22-34(26-15-18-29(39)19-16-26)45-46(5,6)38(2,3)4/h7-20,23-24,33-34,36,42H,21-22H2,1-6H3. The van der Waals surface area contributed by atoms with E-state index in [1.54, 1.807) is 41.3 Å². The number of para-hydroxylation sites is 1. The number of amides is 1. The van der Waals surface area contributed by atoms with E-state index in [4.69, 9.17) is 9.16 Å². The van der Waals surface area contributed by atoms with Crippen molar-refractivity contribution in [3.8, 4) is 22.6 Å². The van der Waals surface area contributed by atoms with Gasteiger partial charge in [-0.05, 0) is 90.1 Å². The average Bonchev–Trinajstić information content (AvgIpc) is 2.99. The number of rotatable bonds is 10. The van der Waals surface area contributed by atoms with Gasteiger partial charge < -0.3 is 19.2 Å². The van der Waals surface area contributed by atoms with Gasteiger partial charge in [0.25, 0.3) is 0 Å². The van der Waals surface area contributed by atoms with E-state index in [0.29, 0.717) is 18.6 Å². The molecule has 3 unspecified atom stereocenters. The molecule has 1 heterocycles. The number of hydrogen-bond acceptors (Lipinski definition) is 5. The molecule has 240 valence electrons. The van der Waals surface area contributed by atoms with Gasteiger partial charge in [-0.25, -0.2) is 4.39 Å². The summed E-state index contributed by atoms with van der Waals surface area (Å²) in [7, 11) is -2.23. The van der Waals surface area contributed by atoms with Crippen LogP contribution < -0.4 is 9.64 Å². The summed E-state index contributed by atoms with van der Waals surface area (Å²) < 4.78 is 26.6. The van der Waals surface area contributed by atoms with Crippen molar-refractivity contribution in [2.24, 2.45) is 5.92 Å². The molecule has 1 fully saturated rings. The van der Waals surface area contributed by atoms with Crippen molar-refractivity contribution in [3.05, 3.63) is 114 Å². The van der Waals surface area contributed by atoms with Crippen LogP contribution in [0, 0.1) is 11.7 Å². The summed E-state index contributed by atoms with van der Waals surface area (Å²) >= 11 is 0. The maximum Gasteiger partial charge on any atom is 0.308 e. The lowest BCUT2D eigenvalue weighted by Crippen LogP contribution is -2.55. The monoisotopic (exact) mass is 639 g/mol. The summed E-state index contributed by atoms with van der Waals surface area (Å²) in [6, 6.07) is 28.0. The Morgan fingerprint density at radius 1 is 0.935 bits per heavy atom. The van der Waals surface area contributed by atoms with Crippen molar-refractivity contribution in [1.29, 1.82) is 0 Å². The van der Waals surface area contributed by atoms with E-state index in [1.807, 2.05) is 48.5 Å². The van der Waals surface area contributed by atoms with Crippen molar-refractivity contribution >= 4 is 25.9 Å². The molecule has 0 saturated carbocycles. The molecular weight excluding hydrogens is 598 g/mol. The molecule has 0 radical (unpaired) electrons. The second-order valence-corrected chi connectivity index (χ2v) is 18.2. The Labute approximate surface area is 271 Å². The Morgan fingerprint density at radius 2 is 1.61 bits per heavy atom. The summed E-state index contributed by atoms with van der Waals surface area (Å²) in [5, 5.41) is 10.0. The molecule has 0 aliphatic carbocycles. The zero-order valence-electron chi connectivity index (χ0n) is 27.3. The van der Waals surface area contributed by atoms with Gasteiger partial charge in [-0.2, -0.15) is 0 Å². The van der Waals surface area contributed by atoms with Crippen LogP contribution in [0.15, 0.2) is 97.1 Å². The predicted molar refractivity (Wildman–Crippen MR) is 182 cm³/mol. The quantitative estimate of drug-likeness (QED) is 0.0810. The number of β-lactam (4-membered cyclic amide) rings is 1. The fourth-order valence-corrected chi connectivity index (χ4v) is 7.10. The smallest absolute Gasteiger partial charge is 0.308 e. The number of hydrogen-bond donors (Lipinski definition) is 1. The highest BCUT2D eigenvalue weighted by atomic mass is 28.4. The number of carbonyl (C=O) groups excluding carboxylic acids is 2. The second-order valence-electron chi connectivity index (χ2n) is 13.5. The van der Waals surface area contributed by atoms with Crippen LogP contribution >= 0.6 is 0 Å². The first-order valence-electron chi connectivity index (χ1n) is 15.7. The Kier molecular flexibility index (Phi) is 9.51. The number of aromatic hydroxyl groups is 1. The fraction of sp³-hybridized carbons (Fsp3) is 0.316. The van der Waals surface area contributed by atoms with E-state index in [1.165, 1.54) is 19.1 Å². The third-order valence-electron chi connectivity index (χ3n) is 9.24. The molecular formula is C38H42FNO5Si. The number of anilines is 1. The minimum Gasteiger partial charge on any atom is -0.508 e. The van der Waals surface area contributed by atoms with Crippen molar-refractivity contribution in [3.63, 3.8) is 0 Å². The summed E-state index contributed by atoms with van der Waals surface area (Å²) in [5.41, 5.74) is 3.89. The molecule has 1 N–H and O–H groups in total. The third kappa shape index (κ3) is 7.08. The Morgan fingerprint density at radius 3 is 2.24 bits per heavy atom. The summed E-state index contributed by atoms with van der Waals surface area (Å²) in [4.78, 5) is 28.0. The number of ether oxygens (including phenoxy) is 1. The molecule has 3 atom stereocenters. The van der Waals surface area contributed by atoms with Crippen LogP contribution in [0.2, 0.25) is 18.1 Å². The Bertz CT molecular complexity index is 1700. The highest BCUT2D eigenvalue weighted by Crippen LogP contribution is 2.50. The molecule has 6 nitrogen and oxygen atoms in total. The van der Waals surface area contributed by atoms with E-state index < -0.39 is 26.2 Å². The minimum absolute atomic E-state index is 0.0211. The number of phenols is 1. The topological polar surface area (TPSA) is 76.1 Å². The minimum atomic E-state index is -2.23. The number of carbonyl (C=O) groups is 2. The fourth-order valence-electron chi connectivity index (χ4n) is 5.78. The molecule has 4 aromatic rings. The SMILES string of the molecule is CC(=O)Oc1cc(-c2cccc(O)c2)ccc1C1C(CCC(O[Si](C)(C)C(C)(C)C)c2ccc(F)cc2)C(=O)N1c1ccccc1. The number of phenolic OH excluding ortho intramolecular Hbond substituents is 1. The third-order valence-corrected chi connectivity index (χ3v) is 13.7. The molecule has 1 saturated heterocycles. The van der Waals surface area contributed by atoms with Gasteiger partial charge in [-0.15, -0.1) is 0 Å². The number of nitrogens with zero attached hydrogens (tertiary/aromatic N) is 1. The Balaban J connectivity index is 1.52. The van der Waals surface area contributed by atoms with Crippen molar-refractivity contribution in [2.75, 3.05) is 4.90 Å². The highest BCUT2D eigenvalue weighted by Gasteiger charge is 2.50. The van der Waals surface area contributed by atoms with E-state index >= 15 is 0 Å². The summed E-state index contributed by atoms with van der Waals surface area (Å²) in [6.07, 6.45) is 0.747. The Hall–Kier alpha value is -4.27. The first kappa shape index (κ1) is 33.1. The summed E-state index contributed by atoms with van der Waals surface area (Å²) in [5.74, 6) is -0.716. The largest absolute Gasteiger partial charge is 0.508 e. The van der Waals surface area contributed by atoms with Gasteiger partial charge in [-0.1, -0.05) is 75.4 Å². The highest BCUT2D eigenvalue weighted by molar-refractivity contribution is 6.74. The van der Waals surface area contributed by atoms with Gasteiger partial charge in [0.2, 0.25) is 5.91 Å². The molecule has 46 heavy (non-hydrogen) atoms. The molecule has 0 bridgehead atoms. The molecule has 1 aliphatic rings. The van der Waals surface area contributed by atoms with Gasteiger partial charge in [0.05, 0.1) is 18.1 Å². The molecule has 4 aromatic carbocycles. The van der Waals surface area contributed by atoms with Crippen LogP contribution in [0.5, 0.6) is 11.5 Å². The molecule has 1 amide bonds. The second kappa shape index (κ2) is 13.2. The lowest BCUT2D eigenvalue weighted by atomic mass is 9.77. The van der Waals surface area contributed by atoms with Crippen LogP contribution in [-0.4, -0.2) is 25.3 Å². The number of halogens is 1. The number of benzene rings is 4. The van der Waals surface area contributed by atoms with Crippen molar-refractivity contribution in [1.82, 2.24) is 0 Å². The molecule has 0 aromatic heterocycles. The normalized spacial score (nSPS) is 17.4. The molecule has 1 aliphatic heterocycles. The number of esters is 1. The van der Waals surface area contributed by atoms with Crippen LogP contribution in [-0.2, 0) is 14.0 Å². The first-order valence-corrected chi connectivity index (χ1v) is 18.6. The van der Waals surface area contributed by atoms with Crippen LogP contribution in [0.25, 0.3) is 11.1 Å². The predicted octanol–water partition coefficient (Wildman–Crippen LogP) is 9.37. The maximum atomic E-state index is 14.0. The van der Waals surface area contributed by atoms with Gasteiger partial charge in [0.1, 0.15) is 17.3 Å². The van der Waals surface area contributed by atoms with Crippen LogP contribution in [0.3, 0.4) is 0 Å².